The van der Waals surface area contributed by atoms with Crippen molar-refractivity contribution in [2.75, 3.05) is 33.3 Å². The van der Waals surface area contributed by atoms with Crippen LogP contribution in [0.25, 0.3) is 0 Å². The second kappa shape index (κ2) is 8.60. The number of nitrogens with zero attached hydrogens (tertiary/aromatic N) is 2. The second-order valence-corrected chi connectivity index (χ2v) is 6.42. The van der Waals surface area contributed by atoms with Gasteiger partial charge in [0.2, 0.25) is 0 Å². The smallest absolute Gasteiger partial charge is 0.193 e. The molecule has 0 amide bonds. The first-order valence-electron chi connectivity index (χ1n) is 7.66. The van der Waals surface area contributed by atoms with Crippen molar-refractivity contribution in [3.63, 3.8) is 0 Å². The Bertz CT molecular complexity index is 502. The number of benzene rings is 1. The van der Waals surface area contributed by atoms with E-state index in [-0.39, 0.29) is 24.0 Å². The maximum absolute atomic E-state index is 5.80. The van der Waals surface area contributed by atoms with Crippen LogP contribution >= 0.6 is 24.0 Å². The number of guanidine groups is 1. The van der Waals surface area contributed by atoms with E-state index in [9.17, 15) is 0 Å². The van der Waals surface area contributed by atoms with Crippen molar-refractivity contribution in [3.8, 4) is 5.75 Å². The molecule has 1 heterocycles. The van der Waals surface area contributed by atoms with Crippen molar-refractivity contribution < 1.29 is 4.74 Å². The minimum atomic E-state index is 0. The van der Waals surface area contributed by atoms with Crippen molar-refractivity contribution in [3.05, 3.63) is 29.8 Å². The van der Waals surface area contributed by atoms with E-state index >= 15 is 0 Å². The topological polar surface area (TPSA) is 36.9 Å². The van der Waals surface area contributed by atoms with E-state index < -0.39 is 0 Å². The van der Waals surface area contributed by atoms with Crippen molar-refractivity contribution >= 4 is 29.9 Å². The lowest BCUT2D eigenvalue weighted by Gasteiger charge is -2.23. The quantitative estimate of drug-likeness (QED) is 0.354. The zero-order valence-electron chi connectivity index (χ0n) is 14.1. The Morgan fingerprint density at radius 3 is 2.68 bits per heavy atom. The van der Waals surface area contributed by atoms with Crippen molar-refractivity contribution in [2.45, 2.75) is 27.2 Å². The largest absolute Gasteiger partial charge is 0.491 e. The summed E-state index contributed by atoms with van der Waals surface area (Å²) in [5.41, 5.74) is 1.55. The Morgan fingerprint density at radius 2 is 2.09 bits per heavy atom. The normalized spacial score (nSPS) is 17.1. The molecule has 0 aliphatic carbocycles. The van der Waals surface area contributed by atoms with Gasteiger partial charge in [-0.2, -0.15) is 0 Å². The molecule has 0 atom stereocenters. The zero-order chi connectivity index (χ0) is 15.3. The number of rotatable bonds is 4. The van der Waals surface area contributed by atoms with Crippen LogP contribution in [0.1, 0.15) is 25.8 Å². The van der Waals surface area contributed by atoms with E-state index in [4.69, 9.17) is 4.74 Å². The fraction of sp³-hybridized carbons (Fsp3) is 0.588. The van der Waals surface area contributed by atoms with Crippen molar-refractivity contribution in [1.82, 2.24) is 10.2 Å². The third-order valence-electron chi connectivity index (χ3n) is 3.93. The summed E-state index contributed by atoms with van der Waals surface area (Å²) < 4.78 is 5.80. The molecule has 0 unspecified atom stereocenters. The number of hydrogen-bond donors (Lipinski definition) is 1. The number of ether oxygens (including phenoxy) is 1. The molecule has 5 heteroatoms. The van der Waals surface area contributed by atoms with Gasteiger partial charge in [0.1, 0.15) is 12.4 Å². The molecule has 4 nitrogen and oxygen atoms in total. The van der Waals surface area contributed by atoms with E-state index in [0.29, 0.717) is 12.0 Å². The van der Waals surface area contributed by atoms with Gasteiger partial charge in [-0.25, -0.2) is 0 Å². The first-order chi connectivity index (χ1) is 10.0. The number of aryl methyl sites for hydroxylation is 1. The first kappa shape index (κ1) is 19.1. The van der Waals surface area contributed by atoms with Crippen molar-refractivity contribution in [2.24, 2.45) is 10.4 Å². The predicted molar refractivity (Wildman–Crippen MR) is 103 cm³/mol. The van der Waals surface area contributed by atoms with Gasteiger partial charge >= 0.3 is 0 Å². The summed E-state index contributed by atoms with van der Waals surface area (Å²) in [7, 11) is 1.84. The van der Waals surface area contributed by atoms with Crippen LogP contribution in [0.3, 0.4) is 0 Å². The molecule has 0 spiro atoms. The average molecular weight is 417 g/mol. The monoisotopic (exact) mass is 417 g/mol. The Labute approximate surface area is 151 Å². The summed E-state index contributed by atoms with van der Waals surface area (Å²) in [6.45, 7) is 10.2. The number of likely N-dealkylation sites (tertiary alicyclic amines) is 1. The minimum Gasteiger partial charge on any atom is -0.491 e. The molecule has 22 heavy (non-hydrogen) atoms. The highest BCUT2D eigenvalue weighted by molar-refractivity contribution is 14.0. The highest BCUT2D eigenvalue weighted by atomic mass is 127. The van der Waals surface area contributed by atoms with Crippen LogP contribution in [0.15, 0.2) is 29.3 Å². The SMILES string of the molecule is CN=C(NCCOc1ccccc1C)N1CCC(C)(C)C1.I. The maximum Gasteiger partial charge on any atom is 0.193 e. The summed E-state index contributed by atoms with van der Waals surface area (Å²) in [5, 5.41) is 3.39. The maximum atomic E-state index is 5.80. The van der Waals surface area contributed by atoms with Gasteiger partial charge < -0.3 is 15.0 Å². The highest BCUT2D eigenvalue weighted by Gasteiger charge is 2.30. The van der Waals surface area contributed by atoms with Gasteiger partial charge in [-0.1, -0.05) is 32.0 Å². The summed E-state index contributed by atoms with van der Waals surface area (Å²) in [6.07, 6.45) is 1.22. The van der Waals surface area contributed by atoms with Gasteiger partial charge in [0.15, 0.2) is 5.96 Å². The molecular formula is C17H28IN3O. The fourth-order valence-corrected chi connectivity index (χ4v) is 2.67. The van der Waals surface area contributed by atoms with Crippen LogP contribution in [0, 0.1) is 12.3 Å². The Balaban J connectivity index is 0.00000242. The molecule has 0 saturated carbocycles. The van der Waals surface area contributed by atoms with Gasteiger partial charge in [0.05, 0.1) is 6.54 Å². The molecule has 1 aromatic carbocycles. The van der Waals surface area contributed by atoms with Crippen LogP contribution < -0.4 is 10.1 Å². The average Bonchev–Trinajstić information content (AvgIpc) is 2.81. The molecule has 0 aromatic heterocycles. The highest BCUT2D eigenvalue weighted by Crippen LogP contribution is 2.28. The molecule has 2 rings (SSSR count). The molecule has 1 fully saturated rings. The molecule has 1 aromatic rings. The lowest BCUT2D eigenvalue weighted by Crippen LogP contribution is -2.42. The number of nitrogens with one attached hydrogen (secondary N) is 1. The molecular weight excluding hydrogens is 389 g/mol. The number of aliphatic imine (C=N–C) groups is 1. The summed E-state index contributed by atoms with van der Waals surface area (Å²) in [6, 6.07) is 8.10. The fourth-order valence-electron chi connectivity index (χ4n) is 2.67. The van der Waals surface area contributed by atoms with Crippen LogP contribution in [0.2, 0.25) is 0 Å². The third kappa shape index (κ3) is 5.34. The molecule has 124 valence electrons. The Hall–Kier alpha value is -0.980. The van der Waals surface area contributed by atoms with E-state index in [1.807, 2.05) is 25.2 Å². The standard InChI is InChI=1S/C17H27N3O.HI/c1-14-7-5-6-8-15(14)21-12-10-19-16(18-4)20-11-9-17(2,3)13-20;/h5-8H,9-13H2,1-4H3,(H,18,19);1H. The van der Waals surface area contributed by atoms with Crippen LogP contribution in [0.4, 0.5) is 0 Å². The predicted octanol–water partition coefficient (Wildman–Crippen LogP) is 3.30. The number of halogens is 1. The lowest BCUT2D eigenvalue weighted by molar-refractivity contribution is 0.315. The molecule has 1 saturated heterocycles. The van der Waals surface area contributed by atoms with Crippen molar-refractivity contribution in [1.29, 1.82) is 0 Å². The molecule has 1 N–H and O–H groups in total. The summed E-state index contributed by atoms with van der Waals surface area (Å²) in [4.78, 5) is 6.70. The number of hydrogen-bond acceptors (Lipinski definition) is 2. The molecule has 1 aliphatic rings. The first-order valence-corrected chi connectivity index (χ1v) is 7.66. The minimum absolute atomic E-state index is 0. The van der Waals surface area contributed by atoms with E-state index in [0.717, 1.165) is 31.3 Å². The Kier molecular flexibility index (Phi) is 7.45. The van der Waals surface area contributed by atoms with E-state index in [1.54, 1.807) is 0 Å². The molecule has 0 radical (unpaired) electrons. The van der Waals surface area contributed by atoms with Gasteiger partial charge in [-0.05, 0) is 30.4 Å². The Morgan fingerprint density at radius 1 is 1.36 bits per heavy atom. The van der Waals surface area contributed by atoms with E-state index in [2.05, 4.69) is 42.0 Å². The lowest BCUT2D eigenvalue weighted by atomic mass is 9.93. The summed E-state index contributed by atoms with van der Waals surface area (Å²) in [5.74, 6) is 1.94. The third-order valence-corrected chi connectivity index (χ3v) is 3.93. The van der Waals surface area contributed by atoms with Gasteiger partial charge in [-0.3, -0.25) is 4.99 Å². The molecule has 0 bridgehead atoms. The zero-order valence-corrected chi connectivity index (χ0v) is 16.4. The second-order valence-electron chi connectivity index (χ2n) is 6.42. The number of para-hydroxylation sites is 1. The summed E-state index contributed by atoms with van der Waals surface area (Å²) >= 11 is 0. The van der Waals surface area contributed by atoms with Gasteiger partial charge in [0, 0.05) is 20.1 Å². The van der Waals surface area contributed by atoms with E-state index in [1.165, 1.54) is 12.0 Å². The van der Waals surface area contributed by atoms with Crippen LogP contribution in [0.5, 0.6) is 5.75 Å². The van der Waals surface area contributed by atoms with Crippen LogP contribution in [-0.4, -0.2) is 44.1 Å². The van der Waals surface area contributed by atoms with Gasteiger partial charge in [-0.15, -0.1) is 24.0 Å². The van der Waals surface area contributed by atoms with Gasteiger partial charge in [0.25, 0.3) is 0 Å². The van der Waals surface area contributed by atoms with Crippen LogP contribution in [-0.2, 0) is 0 Å². The molecule has 1 aliphatic heterocycles.